The number of β-amino-alcohol motifs (C(OH)–C–C–N with tert-alkyl or cyclic N) is 1. The van der Waals surface area contributed by atoms with Gasteiger partial charge in [-0.05, 0) is 6.08 Å². The van der Waals surface area contributed by atoms with Crippen LogP contribution in [-0.2, 0) is 4.79 Å². The van der Waals surface area contributed by atoms with Gasteiger partial charge in [-0.1, -0.05) is 36.9 Å². The number of amides is 1. The highest BCUT2D eigenvalue weighted by Crippen LogP contribution is 2.26. The molecule has 0 unspecified atom stereocenters. The van der Waals surface area contributed by atoms with E-state index in [1.54, 1.807) is 4.90 Å². The number of rotatable bonds is 5. The van der Waals surface area contributed by atoms with Gasteiger partial charge >= 0.3 is 0 Å². The lowest BCUT2D eigenvalue weighted by atomic mass is 9.94. The zero-order chi connectivity index (χ0) is 15.6. The minimum absolute atomic E-state index is 0.148. The molecule has 3 rings (SSSR count). The van der Waals surface area contributed by atoms with E-state index in [0.717, 1.165) is 16.4 Å². The summed E-state index contributed by atoms with van der Waals surface area (Å²) in [7, 11) is 0. The zero-order valence-corrected chi connectivity index (χ0v) is 12.8. The Labute approximate surface area is 132 Å². The van der Waals surface area contributed by atoms with Crippen LogP contribution in [-0.4, -0.2) is 46.1 Å². The second-order valence-electron chi connectivity index (χ2n) is 5.38. The van der Waals surface area contributed by atoms with Crippen molar-refractivity contribution in [2.24, 2.45) is 0 Å². The molecule has 1 aliphatic rings. The predicted molar refractivity (Wildman–Crippen MR) is 87.8 cm³/mol. The molecule has 0 saturated carbocycles. The first kappa shape index (κ1) is 14.7. The van der Waals surface area contributed by atoms with E-state index in [4.69, 9.17) is 0 Å². The average Bonchev–Trinajstić information content (AvgIpc) is 2.99. The van der Waals surface area contributed by atoms with Crippen molar-refractivity contribution in [2.75, 3.05) is 25.0 Å². The molecule has 0 bridgehead atoms. The number of hydrogen-bond donors (Lipinski definition) is 2. The molecule has 5 nitrogen and oxygen atoms in total. The average molecular weight is 315 g/mol. The minimum atomic E-state index is -0.892. The highest BCUT2D eigenvalue weighted by Gasteiger charge is 2.42. The summed E-state index contributed by atoms with van der Waals surface area (Å²) in [6.45, 7) is 4.45. The van der Waals surface area contributed by atoms with Crippen LogP contribution in [0.15, 0.2) is 48.4 Å². The standard InChI is InChI=1S/C16H17N3O2S/c1-2-14(20)19-10-16(21,11-19)9-17-15-18-13(8-22-15)12-6-4-3-5-7-12/h2-8,21H,1,9-11H2,(H,17,18). The smallest absolute Gasteiger partial charge is 0.246 e. The first-order chi connectivity index (χ1) is 10.6. The van der Waals surface area contributed by atoms with Gasteiger partial charge < -0.3 is 15.3 Å². The fraction of sp³-hybridized carbons (Fsp3) is 0.250. The number of likely N-dealkylation sites (tertiary alicyclic amines) is 1. The lowest BCUT2D eigenvalue weighted by Crippen LogP contribution is -2.66. The van der Waals surface area contributed by atoms with Crippen LogP contribution in [0.25, 0.3) is 11.3 Å². The fourth-order valence-corrected chi connectivity index (χ4v) is 3.12. The summed E-state index contributed by atoms with van der Waals surface area (Å²) in [4.78, 5) is 17.5. The van der Waals surface area contributed by atoms with Gasteiger partial charge in [0.2, 0.25) is 5.91 Å². The summed E-state index contributed by atoms with van der Waals surface area (Å²) in [6, 6.07) is 9.94. The van der Waals surface area contributed by atoms with E-state index in [9.17, 15) is 9.90 Å². The van der Waals surface area contributed by atoms with Gasteiger partial charge in [-0.3, -0.25) is 4.79 Å². The Morgan fingerprint density at radius 3 is 2.86 bits per heavy atom. The molecule has 2 N–H and O–H groups in total. The maximum Gasteiger partial charge on any atom is 0.246 e. The SMILES string of the molecule is C=CC(=O)N1CC(O)(CNc2nc(-c3ccccc3)cs2)C1. The van der Waals surface area contributed by atoms with E-state index in [1.807, 2.05) is 35.7 Å². The Hall–Kier alpha value is -2.18. The van der Waals surface area contributed by atoms with Crippen molar-refractivity contribution in [3.63, 3.8) is 0 Å². The topological polar surface area (TPSA) is 65.5 Å². The monoisotopic (exact) mass is 315 g/mol. The first-order valence-electron chi connectivity index (χ1n) is 6.98. The lowest BCUT2D eigenvalue weighted by molar-refractivity contribution is -0.147. The third kappa shape index (κ3) is 3.03. The summed E-state index contributed by atoms with van der Waals surface area (Å²) in [5.74, 6) is -0.148. The molecule has 1 aromatic carbocycles. The molecule has 1 aromatic heterocycles. The van der Waals surface area contributed by atoms with Crippen molar-refractivity contribution >= 4 is 22.4 Å². The summed E-state index contributed by atoms with van der Waals surface area (Å²) in [6.07, 6.45) is 1.26. The highest BCUT2D eigenvalue weighted by atomic mass is 32.1. The van der Waals surface area contributed by atoms with Gasteiger partial charge in [0.05, 0.1) is 18.8 Å². The summed E-state index contributed by atoms with van der Waals surface area (Å²) >= 11 is 1.50. The second-order valence-corrected chi connectivity index (χ2v) is 6.24. The molecule has 1 saturated heterocycles. The Kier molecular flexibility index (Phi) is 3.96. The third-order valence-electron chi connectivity index (χ3n) is 3.60. The summed E-state index contributed by atoms with van der Waals surface area (Å²) in [5, 5.41) is 16.2. The third-order valence-corrected chi connectivity index (χ3v) is 4.40. The van der Waals surface area contributed by atoms with E-state index in [0.29, 0.717) is 19.6 Å². The molecule has 1 amide bonds. The van der Waals surface area contributed by atoms with E-state index in [2.05, 4.69) is 16.9 Å². The Morgan fingerprint density at radius 2 is 2.18 bits per heavy atom. The molecule has 2 aromatic rings. The van der Waals surface area contributed by atoms with Crippen molar-refractivity contribution in [3.05, 3.63) is 48.4 Å². The number of nitrogens with zero attached hydrogens (tertiary/aromatic N) is 2. The van der Waals surface area contributed by atoms with Crippen molar-refractivity contribution in [3.8, 4) is 11.3 Å². The van der Waals surface area contributed by atoms with Crippen molar-refractivity contribution in [1.29, 1.82) is 0 Å². The molecule has 0 spiro atoms. The fourth-order valence-electron chi connectivity index (χ4n) is 2.40. The highest BCUT2D eigenvalue weighted by molar-refractivity contribution is 7.14. The number of carbonyl (C=O) groups is 1. The van der Waals surface area contributed by atoms with Crippen LogP contribution < -0.4 is 5.32 Å². The van der Waals surface area contributed by atoms with Crippen molar-refractivity contribution in [1.82, 2.24) is 9.88 Å². The molecule has 0 atom stereocenters. The van der Waals surface area contributed by atoms with Gasteiger partial charge in [0.15, 0.2) is 5.13 Å². The molecular formula is C16H17N3O2S. The normalized spacial score (nSPS) is 16.0. The maximum absolute atomic E-state index is 11.4. The number of aromatic nitrogens is 1. The van der Waals surface area contributed by atoms with Gasteiger partial charge in [0.25, 0.3) is 0 Å². The van der Waals surface area contributed by atoms with E-state index >= 15 is 0 Å². The van der Waals surface area contributed by atoms with Crippen LogP contribution in [0.5, 0.6) is 0 Å². The van der Waals surface area contributed by atoms with Crippen molar-refractivity contribution in [2.45, 2.75) is 5.60 Å². The largest absolute Gasteiger partial charge is 0.384 e. The molecule has 22 heavy (non-hydrogen) atoms. The summed E-state index contributed by atoms with van der Waals surface area (Å²) < 4.78 is 0. The summed E-state index contributed by atoms with van der Waals surface area (Å²) in [5.41, 5.74) is 1.09. The molecule has 2 heterocycles. The number of nitrogens with one attached hydrogen (secondary N) is 1. The van der Waals surface area contributed by atoms with Crippen LogP contribution in [0.3, 0.4) is 0 Å². The van der Waals surface area contributed by atoms with Crippen LogP contribution in [0.2, 0.25) is 0 Å². The molecule has 0 aliphatic carbocycles. The maximum atomic E-state index is 11.4. The van der Waals surface area contributed by atoms with Gasteiger partial charge in [0, 0.05) is 17.5 Å². The molecule has 114 valence electrons. The quantitative estimate of drug-likeness (QED) is 0.828. The molecule has 0 radical (unpaired) electrons. The molecule has 1 aliphatic heterocycles. The number of benzene rings is 1. The Morgan fingerprint density at radius 1 is 1.45 bits per heavy atom. The van der Waals surface area contributed by atoms with Gasteiger partial charge in [-0.15, -0.1) is 11.3 Å². The van der Waals surface area contributed by atoms with Gasteiger partial charge in [0.1, 0.15) is 5.60 Å². The Balaban J connectivity index is 1.56. The van der Waals surface area contributed by atoms with Crippen LogP contribution in [0.1, 0.15) is 0 Å². The number of thiazole rings is 1. The van der Waals surface area contributed by atoms with Crippen LogP contribution >= 0.6 is 11.3 Å². The first-order valence-corrected chi connectivity index (χ1v) is 7.86. The van der Waals surface area contributed by atoms with Crippen LogP contribution in [0.4, 0.5) is 5.13 Å². The zero-order valence-electron chi connectivity index (χ0n) is 12.0. The van der Waals surface area contributed by atoms with Gasteiger partial charge in [-0.2, -0.15) is 0 Å². The van der Waals surface area contributed by atoms with E-state index in [1.165, 1.54) is 17.4 Å². The van der Waals surface area contributed by atoms with Gasteiger partial charge in [-0.25, -0.2) is 4.98 Å². The van der Waals surface area contributed by atoms with Crippen molar-refractivity contribution < 1.29 is 9.90 Å². The second kappa shape index (κ2) is 5.90. The Bertz CT molecular complexity index is 678. The van der Waals surface area contributed by atoms with E-state index < -0.39 is 5.60 Å². The predicted octanol–water partition coefficient (Wildman–Crippen LogP) is 1.98. The molecule has 1 fully saturated rings. The molecular weight excluding hydrogens is 298 g/mol. The number of anilines is 1. The van der Waals surface area contributed by atoms with Crippen LogP contribution in [0, 0.1) is 0 Å². The molecule has 6 heteroatoms. The minimum Gasteiger partial charge on any atom is -0.384 e. The number of hydrogen-bond acceptors (Lipinski definition) is 5. The number of aliphatic hydroxyl groups is 1. The number of carbonyl (C=O) groups excluding carboxylic acids is 1. The lowest BCUT2D eigenvalue weighted by Gasteiger charge is -2.46. The van der Waals surface area contributed by atoms with E-state index in [-0.39, 0.29) is 5.91 Å².